The highest BCUT2D eigenvalue weighted by Crippen LogP contribution is 2.29. The molecular formula is C11H14Cl2N2O3. The minimum absolute atomic E-state index is 0.219. The second-order valence-electron chi connectivity index (χ2n) is 3.34. The molecule has 0 bridgehead atoms. The minimum Gasteiger partial charge on any atom is -0.354 e. The molecule has 2 amide bonds. The number of rotatable bonds is 5. The van der Waals surface area contributed by atoms with Crippen LogP contribution in [0.1, 0.15) is 0 Å². The topological polar surface area (TPSA) is 59.6 Å². The van der Waals surface area contributed by atoms with Gasteiger partial charge in [0.05, 0.1) is 22.3 Å². The van der Waals surface area contributed by atoms with Gasteiger partial charge in [0.1, 0.15) is 0 Å². The van der Waals surface area contributed by atoms with Crippen LogP contribution in [-0.4, -0.2) is 33.1 Å². The zero-order chi connectivity index (χ0) is 13.5. The van der Waals surface area contributed by atoms with Crippen molar-refractivity contribution in [3.8, 4) is 0 Å². The molecule has 0 unspecified atom stereocenters. The Morgan fingerprint density at radius 2 is 2.00 bits per heavy atom. The smallest absolute Gasteiger partial charge is 0.319 e. The first-order chi connectivity index (χ1) is 8.58. The average Bonchev–Trinajstić information content (AvgIpc) is 2.36. The molecule has 0 aliphatic rings. The van der Waals surface area contributed by atoms with Crippen molar-refractivity contribution in [2.45, 2.75) is 6.29 Å². The summed E-state index contributed by atoms with van der Waals surface area (Å²) in [4.78, 5) is 11.6. The summed E-state index contributed by atoms with van der Waals surface area (Å²) < 4.78 is 9.86. The predicted octanol–water partition coefficient (Wildman–Crippen LogP) is 2.73. The number of carbonyl (C=O) groups excluding carboxylic acids is 1. The fraction of sp³-hybridized carbons (Fsp3) is 0.364. The molecule has 0 saturated carbocycles. The van der Waals surface area contributed by atoms with Gasteiger partial charge in [-0.2, -0.15) is 0 Å². The van der Waals surface area contributed by atoms with Gasteiger partial charge in [-0.1, -0.05) is 29.3 Å². The molecule has 0 heterocycles. The van der Waals surface area contributed by atoms with E-state index >= 15 is 0 Å². The number of benzene rings is 1. The van der Waals surface area contributed by atoms with Gasteiger partial charge < -0.3 is 20.1 Å². The van der Waals surface area contributed by atoms with Crippen molar-refractivity contribution in [2.75, 3.05) is 26.1 Å². The molecule has 1 rings (SSSR count). The van der Waals surface area contributed by atoms with Crippen molar-refractivity contribution in [1.82, 2.24) is 5.32 Å². The van der Waals surface area contributed by atoms with Crippen molar-refractivity contribution in [3.63, 3.8) is 0 Å². The Hall–Kier alpha value is -1.01. The Bertz CT molecular complexity index is 411. The zero-order valence-electron chi connectivity index (χ0n) is 10.00. The van der Waals surface area contributed by atoms with Crippen LogP contribution in [0.5, 0.6) is 0 Å². The molecular weight excluding hydrogens is 279 g/mol. The molecule has 18 heavy (non-hydrogen) atoms. The molecule has 0 aliphatic carbocycles. The molecule has 100 valence electrons. The van der Waals surface area contributed by atoms with Crippen molar-refractivity contribution < 1.29 is 14.3 Å². The normalized spacial score (nSPS) is 10.5. The van der Waals surface area contributed by atoms with E-state index in [9.17, 15) is 4.79 Å². The van der Waals surface area contributed by atoms with E-state index in [1.54, 1.807) is 18.2 Å². The number of anilines is 1. The van der Waals surface area contributed by atoms with E-state index in [0.29, 0.717) is 15.7 Å². The van der Waals surface area contributed by atoms with E-state index in [0.717, 1.165) is 0 Å². The molecule has 1 aromatic rings. The molecule has 0 aromatic heterocycles. The molecule has 0 spiro atoms. The first-order valence-electron chi connectivity index (χ1n) is 5.13. The van der Waals surface area contributed by atoms with Crippen LogP contribution < -0.4 is 10.6 Å². The third-order valence-electron chi connectivity index (χ3n) is 2.15. The predicted molar refractivity (Wildman–Crippen MR) is 71.3 cm³/mol. The number of urea groups is 1. The zero-order valence-corrected chi connectivity index (χ0v) is 11.5. The molecule has 0 saturated heterocycles. The standard InChI is InChI=1S/C11H14Cl2N2O3/c1-17-9(18-2)6-14-11(16)15-8-5-3-4-7(12)10(8)13/h3-5,9H,6H2,1-2H3,(H2,14,15,16). The van der Waals surface area contributed by atoms with Crippen LogP contribution in [0.2, 0.25) is 10.0 Å². The van der Waals surface area contributed by atoms with E-state index in [4.69, 9.17) is 32.7 Å². The highest BCUT2D eigenvalue weighted by atomic mass is 35.5. The number of methoxy groups -OCH3 is 2. The van der Waals surface area contributed by atoms with E-state index in [-0.39, 0.29) is 6.54 Å². The quantitative estimate of drug-likeness (QED) is 0.821. The maximum absolute atomic E-state index is 11.6. The molecule has 5 nitrogen and oxygen atoms in total. The van der Waals surface area contributed by atoms with Gasteiger partial charge in [-0.25, -0.2) is 4.79 Å². The molecule has 1 aromatic carbocycles. The van der Waals surface area contributed by atoms with Crippen LogP contribution in [0.3, 0.4) is 0 Å². The third kappa shape index (κ3) is 4.34. The second kappa shape index (κ2) is 7.43. The summed E-state index contributed by atoms with van der Waals surface area (Å²) in [6.07, 6.45) is -0.495. The van der Waals surface area contributed by atoms with Gasteiger partial charge in [0, 0.05) is 14.2 Å². The Morgan fingerprint density at radius 3 is 2.61 bits per heavy atom. The summed E-state index contributed by atoms with van der Waals surface area (Å²) in [5.74, 6) is 0. The molecule has 0 atom stereocenters. The molecule has 7 heteroatoms. The van der Waals surface area contributed by atoms with Gasteiger partial charge in [-0.3, -0.25) is 0 Å². The van der Waals surface area contributed by atoms with Gasteiger partial charge in [-0.15, -0.1) is 0 Å². The highest BCUT2D eigenvalue weighted by molar-refractivity contribution is 6.43. The number of ether oxygens (including phenoxy) is 2. The summed E-state index contributed by atoms with van der Waals surface area (Å²) in [5, 5.41) is 5.83. The number of carbonyl (C=O) groups is 1. The van der Waals surface area contributed by atoms with E-state index in [2.05, 4.69) is 10.6 Å². The third-order valence-corrected chi connectivity index (χ3v) is 2.97. The average molecular weight is 293 g/mol. The number of hydrogen-bond donors (Lipinski definition) is 2. The minimum atomic E-state index is -0.495. The van der Waals surface area contributed by atoms with Crippen LogP contribution in [0.15, 0.2) is 18.2 Å². The lowest BCUT2D eigenvalue weighted by Gasteiger charge is -2.15. The van der Waals surface area contributed by atoms with Crippen molar-refractivity contribution in [3.05, 3.63) is 28.2 Å². The summed E-state index contributed by atoms with van der Waals surface area (Å²) in [5.41, 5.74) is 0.438. The lowest BCUT2D eigenvalue weighted by molar-refractivity contribution is -0.0970. The van der Waals surface area contributed by atoms with Gasteiger partial charge in [-0.05, 0) is 12.1 Å². The Morgan fingerprint density at radius 1 is 1.33 bits per heavy atom. The Balaban J connectivity index is 2.52. The van der Waals surface area contributed by atoms with Gasteiger partial charge >= 0.3 is 6.03 Å². The van der Waals surface area contributed by atoms with Crippen LogP contribution in [0.4, 0.5) is 10.5 Å². The largest absolute Gasteiger partial charge is 0.354 e. The van der Waals surface area contributed by atoms with Crippen LogP contribution in [0, 0.1) is 0 Å². The first-order valence-corrected chi connectivity index (χ1v) is 5.88. The number of hydrogen-bond acceptors (Lipinski definition) is 3. The van der Waals surface area contributed by atoms with E-state index in [1.807, 2.05) is 0 Å². The van der Waals surface area contributed by atoms with Crippen molar-refractivity contribution in [1.29, 1.82) is 0 Å². The number of halogens is 2. The summed E-state index contributed by atoms with van der Waals surface area (Å²) in [6, 6.07) is 4.56. The van der Waals surface area contributed by atoms with Crippen molar-refractivity contribution in [2.24, 2.45) is 0 Å². The molecule has 0 radical (unpaired) electrons. The SMILES string of the molecule is COC(CNC(=O)Nc1cccc(Cl)c1Cl)OC. The van der Waals surface area contributed by atoms with Crippen molar-refractivity contribution >= 4 is 34.9 Å². The maximum Gasteiger partial charge on any atom is 0.319 e. The number of nitrogens with one attached hydrogen (secondary N) is 2. The lowest BCUT2D eigenvalue weighted by atomic mass is 10.3. The highest BCUT2D eigenvalue weighted by Gasteiger charge is 2.10. The van der Waals surface area contributed by atoms with Crippen LogP contribution >= 0.6 is 23.2 Å². The fourth-order valence-corrected chi connectivity index (χ4v) is 1.55. The molecule has 0 fully saturated rings. The Labute approximate surface area is 115 Å². The van der Waals surface area contributed by atoms with E-state index in [1.165, 1.54) is 14.2 Å². The first kappa shape index (κ1) is 15.0. The maximum atomic E-state index is 11.6. The Kier molecular flexibility index (Phi) is 6.21. The molecule has 2 N–H and O–H groups in total. The second-order valence-corrected chi connectivity index (χ2v) is 4.12. The number of amides is 2. The van der Waals surface area contributed by atoms with E-state index < -0.39 is 12.3 Å². The summed E-state index contributed by atoms with van der Waals surface area (Å²) >= 11 is 11.8. The summed E-state index contributed by atoms with van der Waals surface area (Å²) in [7, 11) is 2.98. The van der Waals surface area contributed by atoms with Gasteiger partial charge in [0.2, 0.25) is 0 Å². The van der Waals surface area contributed by atoms with Gasteiger partial charge in [0.25, 0.3) is 0 Å². The lowest BCUT2D eigenvalue weighted by Crippen LogP contribution is -2.36. The molecule has 0 aliphatic heterocycles. The van der Waals surface area contributed by atoms with Crippen LogP contribution in [-0.2, 0) is 9.47 Å². The fourth-order valence-electron chi connectivity index (χ4n) is 1.21. The monoisotopic (exact) mass is 292 g/mol. The van der Waals surface area contributed by atoms with Gasteiger partial charge in [0.15, 0.2) is 6.29 Å². The van der Waals surface area contributed by atoms with Crippen LogP contribution in [0.25, 0.3) is 0 Å². The summed E-state index contributed by atoms with van der Waals surface area (Å²) in [6.45, 7) is 0.219.